The second kappa shape index (κ2) is 5.38. The summed E-state index contributed by atoms with van der Waals surface area (Å²) in [4.78, 5) is 12.0. The molecule has 1 N–H and O–H groups in total. The molecule has 7 heteroatoms. The first kappa shape index (κ1) is 12.9. The fourth-order valence-corrected chi connectivity index (χ4v) is 1.52. The van der Waals surface area contributed by atoms with Crippen LogP contribution in [0.3, 0.4) is 0 Å². The molecule has 1 aromatic heterocycles. The second-order valence-electron chi connectivity index (χ2n) is 3.72. The molecule has 0 unspecified atom stereocenters. The fraction of sp³-hybridized carbons (Fsp3) is 0.250. The average molecular weight is 263 g/mol. The van der Waals surface area contributed by atoms with Gasteiger partial charge in [-0.2, -0.15) is 0 Å². The SMILES string of the molecule is COc1ccc(NC(=O)c2nonc2C)c(OC)c1. The molecule has 2 rings (SSSR count). The number of hydrogen-bond donors (Lipinski definition) is 1. The van der Waals surface area contributed by atoms with Crippen LogP contribution in [-0.4, -0.2) is 30.4 Å². The van der Waals surface area contributed by atoms with E-state index in [1.54, 1.807) is 32.2 Å². The van der Waals surface area contributed by atoms with Crippen molar-refractivity contribution in [3.8, 4) is 11.5 Å². The Kier molecular flexibility index (Phi) is 3.65. The number of ether oxygens (including phenoxy) is 2. The van der Waals surface area contributed by atoms with Crippen molar-refractivity contribution in [3.05, 3.63) is 29.6 Å². The lowest BCUT2D eigenvalue weighted by Gasteiger charge is -2.10. The number of aromatic nitrogens is 2. The third-order valence-corrected chi connectivity index (χ3v) is 2.52. The van der Waals surface area contributed by atoms with Crippen LogP contribution < -0.4 is 14.8 Å². The predicted octanol–water partition coefficient (Wildman–Crippen LogP) is 1.65. The maximum absolute atomic E-state index is 12.0. The van der Waals surface area contributed by atoms with Crippen molar-refractivity contribution in [2.45, 2.75) is 6.92 Å². The Morgan fingerprint density at radius 1 is 1.26 bits per heavy atom. The van der Waals surface area contributed by atoms with Crippen LogP contribution in [0, 0.1) is 6.92 Å². The first-order valence-electron chi connectivity index (χ1n) is 5.48. The summed E-state index contributed by atoms with van der Waals surface area (Å²) in [7, 11) is 3.06. The maximum Gasteiger partial charge on any atom is 0.279 e. The highest BCUT2D eigenvalue weighted by atomic mass is 16.6. The number of benzene rings is 1. The topological polar surface area (TPSA) is 86.5 Å². The summed E-state index contributed by atoms with van der Waals surface area (Å²) >= 11 is 0. The van der Waals surface area contributed by atoms with Gasteiger partial charge in [0.05, 0.1) is 19.9 Å². The van der Waals surface area contributed by atoms with E-state index in [0.29, 0.717) is 22.9 Å². The number of anilines is 1. The van der Waals surface area contributed by atoms with Gasteiger partial charge in [-0.1, -0.05) is 5.16 Å². The molecule has 0 radical (unpaired) electrons. The van der Waals surface area contributed by atoms with Crippen molar-refractivity contribution >= 4 is 11.6 Å². The van der Waals surface area contributed by atoms with E-state index in [1.165, 1.54) is 7.11 Å². The van der Waals surface area contributed by atoms with Crippen molar-refractivity contribution in [2.75, 3.05) is 19.5 Å². The third-order valence-electron chi connectivity index (χ3n) is 2.52. The fourth-order valence-electron chi connectivity index (χ4n) is 1.52. The zero-order valence-electron chi connectivity index (χ0n) is 10.8. The Morgan fingerprint density at radius 3 is 2.63 bits per heavy atom. The Labute approximate surface area is 109 Å². The summed E-state index contributed by atoms with van der Waals surface area (Å²) < 4.78 is 14.7. The molecule has 0 atom stereocenters. The van der Waals surface area contributed by atoms with E-state index in [-0.39, 0.29) is 5.69 Å². The van der Waals surface area contributed by atoms with E-state index in [1.807, 2.05) is 0 Å². The van der Waals surface area contributed by atoms with Gasteiger partial charge in [0.15, 0.2) is 5.69 Å². The van der Waals surface area contributed by atoms with Crippen molar-refractivity contribution in [1.82, 2.24) is 10.3 Å². The number of methoxy groups -OCH3 is 2. The minimum atomic E-state index is -0.415. The number of carbonyl (C=O) groups excluding carboxylic acids is 1. The van der Waals surface area contributed by atoms with Crippen LogP contribution in [0.25, 0.3) is 0 Å². The molecule has 2 aromatic rings. The van der Waals surface area contributed by atoms with Gasteiger partial charge < -0.3 is 14.8 Å². The quantitative estimate of drug-likeness (QED) is 0.902. The molecule has 0 spiro atoms. The molecule has 0 saturated carbocycles. The summed E-state index contributed by atoms with van der Waals surface area (Å²) in [5.74, 6) is 0.707. The number of carbonyl (C=O) groups is 1. The minimum absolute atomic E-state index is 0.137. The van der Waals surface area contributed by atoms with Crippen LogP contribution in [0.15, 0.2) is 22.8 Å². The van der Waals surface area contributed by atoms with Crippen molar-refractivity contribution in [3.63, 3.8) is 0 Å². The summed E-state index contributed by atoms with van der Waals surface area (Å²) in [6, 6.07) is 5.06. The van der Waals surface area contributed by atoms with Gasteiger partial charge in [-0.25, -0.2) is 4.63 Å². The standard InChI is InChI=1S/C12H13N3O4/c1-7-11(15-19-14-7)12(16)13-9-5-4-8(17-2)6-10(9)18-3/h4-6H,1-3H3,(H,13,16). The highest BCUT2D eigenvalue weighted by Gasteiger charge is 2.17. The molecule has 0 saturated heterocycles. The Hall–Kier alpha value is -2.57. The highest BCUT2D eigenvalue weighted by Crippen LogP contribution is 2.29. The number of nitrogens with one attached hydrogen (secondary N) is 1. The van der Waals surface area contributed by atoms with Crippen LogP contribution in [0.5, 0.6) is 11.5 Å². The number of nitrogens with zero attached hydrogens (tertiary/aromatic N) is 2. The molecule has 0 aliphatic heterocycles. The van der Waals surface area contributed by atoms with Crippen LogP contribution in [-0.2, 0) is 0 Å². The molecule has 0 aliphatic carbocycles. The van der Waals surface area contributed by atoms with Gasteiger partial charge in [0.1, 0.15) is 17.2 Å². The molecule has 7 nitrogen and oxygen atoms in total. The normalized spacial score (nSPS) is 10.1. The summed E-state index contributed by atoms with van der Waals surface area (Å²) in [5.41, 5.74) is 1.07. The van der Waals surface area contributed by atoms with E-state index >= 15 is 0 Å². The lowest BCUT2D eigenvalue weighted by atomic mass is 10.2. The van der Waals surface area contributed by atoms with E-state index in [9.17, 15) is 4.79 Å². The number of amides is 1. The van der Waals surface area contributed by atoms with Crippen LogP contribution in [0.2, 0.25) is 0 Å². The van der Waals surface area contributed by atoms with Crippen LogP contribution >= 0.6 is 0 Å². The second-order valence-corrected chi connectivity index (χ2v) is 3.72. The summed E-state index contributed by atoms with van der Waals surface area (Å²) in [6.07, 6.45) is 0. The van der Waals surface area contributed by atoms with Gasteiger partial charge >= 0.3 is 0 Å². The van der Waals surface area contributed by atoms with E-state index in [2.05, 4.69) is 20.3 Å². The van der Waals surface area contributed by atoms with Crippen LogP contribution in [0.4, 0.5) is 5.69 Å². The Bertz CT molecular complexity index is 594. The Balaban J connectivity index is 2.24. The molecule has 19 heavy (non-hydrogen) atoms. The molecular formula is C12H13N3O4. The number of aryl methyl sites for hydroxylation is 1. The molecule has 1 aromatic carbocycles. The summed E-state index contributed by atoms with van der Waals surface area (Å²) in [6.45, 7) is 1.64. The highest BCUT2D eigenvalue weighted by molar-refractivity contribution is 6.04. The van der Waals surface area contributed by atoms with Gasteiger partial charge in [0.25, 0.3) is 5.91 Å². The third kappa shape index (κ3) is 2.65. The summed E-state index contributed by atoms with van der Waals surface area (Å²) in [5, 5.41) is 9.76. The van der Waals surface area contributed by atoms with E-state index in [0.717, 1.165) is 0 Å². The molecule has 0 bridgehead atoms. The first-order chi connectivity index (χ1) is 9.15. The zero-order valence-corrected chi connectivity index (χ0v) is 10.8. The van der Waals surface area contributed by atoms with Gasteiger partial charge in [-0.3, -0.25) is 4.79 Å². The van der Waals surface area contributed by atoms with Crippen LogP contribution in [0.1, 0.15) is 16.2 Å². The number of hydrogen-bond acceptors (Lipinski definition) is 6. The van der Waals surface area contributed by atoms with Gasteiger partial charge in [0, 0.05) is 6.07 Å². The van der Waals surface area contributed by atoms with Gasteiger partial charge in [-0.15, -0.1) is 0 Å². The smallest absolute Gasteiger partial charge is 0.279 e. The molecule has 0 aliphatic rings. The van der Waals surface area contributed by atoms with Gasteiger partial charge in [0.2, 0.25) is 0 Å². The molecule has 100 valence electrons. The van der Waals surface area contributed by atoms with Crippen molar-refractivity contribution in [1.29, 1.82) is 0 Å². The van der Waals surface area contributed by atoms with E-state index < -0.39 is 5.91 Å². The first-order valence-corrected chi connectivity index (χ1v) is 5.48. The maximum atomic E-state index is 12.0. The lowest BCUT2D eigenvalue weighted by molar-refractivity contribution is 0.101. The minimum Gasteiger partial charge on any atom is -0.497 e. The molecular weight excluding hydrogens is 250 g/mol. The lowest BCUT2D eigenvalue weighted by Crippen LogP contribution is -2.14. The van der Waals surface area contributed by atoms with Gasteiger partial charge in [-0.05, 0) is 24.2 Å². The Morgan fingerprint density at radius 2 is 2.05 bits per heavy atom. The largest absolute Gasteiger partial charge is 0.497 e. The molecule has 1 heterocycles. The van der Waals surface area contributed by atoms with E-state index in [4.69, 9.17) is 9.47 Å². The molecule has 0 fully saturated rings. The van der Waals surface area contributed by atoms with Crippen molar-refractivity contribution < 1.29 is 18.9 Å². The molecule has 1 amide bonds. The zero-order chi connectivity index (χ0) is 13.8. The predicted molar refractivity (Wildman–Crippen MR) is 66.5 cm³/mol. The monoisotopic (exact) mass is 263 g/mol. The van der Waals surface area contributed by atoms with Crippen molar-refractivity contribution in [2.24, 2.45) is 0 Å². The average Bonchev–Trinajstić information content (AvgIpc) is 2.85. The number of rotatable bonds is 4.